The number of amides is 1. The number of carbonyl (C=O) groups excluding carboxylic acids is 1. The Morgan fingerprint density at radius 3 is 2.74 bits per heavy atom. The third-order valence-electron chi connectivity index (χ3n) is 7.10. The van der Waals surface area contributed by atoms with Crippen molar-refractivity contribution in [1.82, 2.24) is 4.90 Å². The van der Waals surface area contributed by atoms with E-state index >= 15 is 4.39 Å². The van der Waals surface area contributed by atoms with Gasteiger partial charge in [-0.2, -0.15) is 0 Å². The Morgan fingerprint density at radius 1 is 1.31 bits per heavy atom. The summed E-state index contributed by atoms with van der Waals surface area (Å²) in [4.78, 5) is 14.9. The first-order chi connectivity index (χ1) is 16.5. The van der Waals surface area contributed by atoms with Crippen molar-refractivity contribution in [3.8, 4) is 0 Å². The molecule has 3 N–H and O–H groups in total. The van der Waals surface area contributed by atoms with Gasteiger partial charge in [-0.05, 0) is 56.4 Å². The molecule has 1 aliphatic heterocycles. The lowest BCUT2D eigenvalue weighted by Gasteiger charge is -2.43. The van der Waals surface area contributed by atoms with Crippen LogP contribution >= 0.6 is 11.6 Å². The van der Waals surface area contributed by atoms with E-state index in [0.717, 1.165) is 19.3 Å². The minimum absolute atomic E-state index is 0.00746. The summed E-state index contributed by atoms with van der Waals surface area (Å²) >= 11 is 6.07. The normalized spacial score (nSPS) is 19.4. The predicted molar refractivity (Wildman–Crippen MR) is 138 cm³/mol. The monoisotopic (exact) mass is 514 g/mol. The van der Waals surface area contributed by atoms with E-state index in [-0.39, 0.29) is 33.9 Å². The van der Waals surface area contributed by atoms with Crippen molar-refractivity contribution in [3.05, 3.63) is 34.6 Å². The zero-order chi connectivity index (χ0) is 26.1. The molecule has 200 valence electrons. The van der Waals surface area contributed by atoms with Gasteiger partial charge in [-0.15, -0.1) is 0 Å². The van der Waals surface area contributed by atoms with Gasteiger partial charge in [-0.1, -0.05) is 37.6 Å². The molecule has 1 aromatic rings. The van der Waals surface area contributed by atoms with E-state index < -0.39 is 11.4 Å². The molecule has 1 heterocycles. The summed E-state index contributed by atoms with van der Waals surface area (Å²) in [6.45, 7) is 6.43. The Morgan fingerprint density at radius 2 is 2.06 bits per heavy atom. The summed E-state index contributed by atoms with van der Waals surface area (Å²) in [5.41, 5.74) is 5.07. The van der Waals surface area contributed by atoms with E-state index in [2.05, 4.69) is 13.8 Å². The first-order valence-electron chi connectivity index (χ1n) is 12.7. The van der Waals surface area contributed by atoms with Crippen LogP contribution < -0.4 is 5.73 Å². The molecular formula is C27H44ClFN2O4. The molecule has 0 bridgehead atoms. The van der Waals surface area contributed by atoms with Crippen molar-refractivity contribution < 1.29 is 23.8 Å². The van der Waals surface area contributed by atoms with Crippen LogP contribution in [0.15, 0.2) is 18.2 Å². The maximum Gasteiger partial charge on any atom is 0.222 e. The SMILES string of the molecule is COCCCC[C@@](O)(c1cccc(Cl)c1F)[C@@H]1CCCN(C(=O)CC[C@@H](N)CC(C)(C)COC)C1. The molecule has 0 aliphatic carbocycles. The molecule has 0 aromatic heterocycles. The predicted octanol–water partition coefficient (Wildman–Crippen LogP) is 4.89. The number of halogens is 2. The second kappa shape index (κ2) is 13.9. The molecule has 0 spiro atoms. The number of hydrogen-bond donors (Lipinski definition) is 2. The number of nitrogens with two attached hydrogens (primary N) is 1. The first kappa shape index (κ1) is 30.0. The van der Waals surface area contributed by atoms with E-state index in [4.69, 9.17) is 26.8 Å². The summed E-state index contributed by atoms with van der Waals surface area (Å²) < 4.78 is 25.5. The van der Waals surface area contributed by atoms with Crippen molar-refractivity contribution in [2.45, 2.75) is 76.9 Å². The van der Waals surface area contributed by atoms with E-state index in [1.165, 1.54) is 6.07 Å². The largest absolute Gasteiger partial charge is 0.385 e. The fourth-order valence-electron chi connectivity index (χ4n) is 5.36. The number of carbonyl (C=O) groups is 1. The zero-order valence-electron chi connectivity index (χ0n) is 21.8. The Labute approximate surface area is 215 Å². The zero-order valence-corrected chi connectivity index (χ0v) is 22.6. The van der Waals surface area contributed by atoms with Gasteiger partial charge in [0, 0.05) is 57.9 Å². The number of rotatable bonds is 14. The molecule has 1 saturated heterocycles. The van der Waals surface area contributed by atoms with Crippen LogP contribution in [0.1, 0.15) is 70.8 Å². The van der Waals surface area contributed by atoms with Crippen molar-refractivity contribution >= 4 is 17.5 Å². The average Bonchev–Trinajstić information content (AvgIpc) is 2.81. The molecule has 1 amide bonds. The molecule has 0 unspecified atom stereocenters. The average molecular weight is 515 g/mol. The second-order valence-electron chi connectivity index (χ2n) is 10.8. The van der Waals surface area contributed by atoms with Crippen molar-refractivity contribution in [2.75, 3.05) is 40.5 Å². The fourth-order valence-corrected chi connectivity index (χ4v) is 5.53. The van der Waals surface area contributed by atoms with Crippen LogP contribution in [-0.2, 0) is 19.9 Å². The molecule has 0 saturated carbocycles. The lowest BCUT2D eigenvalue weighted by atomic mass is 9.74. The van der Waals surface area contributed by atoms with Crippen LogP contribution in [0, 0.1) is 17.2 Å². The molecule has 3 atom stereocenters. The number of aliphatic hydroxyl groups is 1. The van der Waals surface area contributed by atoms with E-state index in [9.17, 15) is 9.90 Å². The molecule has 8 heteroatoms. The Balaban J connectivity index is 2.09. The van der Waals surface area contributed by atoms with Crippen LogP contribution in [0.2, 0.25) is 5.02 Å². The minimum atomic E-state index is -1.41. The number of hydrogen-bond acceptors (Lipinski definition) is 5. The summed E-state index contributed by atoms with van der Waals surface area (Å²) in [6, 6.07) is 4.67. The Hall–Kier alpha value is -1.25. The lowest BCUT2D eigenvalue weighted by molar-refractivity contribution is -0.137. The highest BCUT2D eigenvalue weighted by Crippen LogP contribution is 2.42. The first-order valence-corrected chi connectivity index (χ1v) is 13.1. The second-order valence-corrected chi connectivity index (χ2v) is 11.2. The van der Waals surface area contributed by atoms with Crippen LogP contribution in [0.3, 0.4) is 0 Å². The molecule has 0 radical (unpaired) electrons. The van der Waals surface area contributed by atoms with Crippen LogP contribution in [-0.4, -0.2) is 62.5 Å². The van der Waals surface area contributed by atoms with Crippen LogP contribution in [0.25, 0.3) is 0 Å². The van der Waals surface area contributed by atoms with Gasteiger partial charge < -0.3 is 25.2 Å². The molecule has 2 rings (SSSR count). The third kappa shape index (κ3) is 8.67. The highest BCUT2D eigenvalue weighted by Gasteiger charge is 2.43. The highest BCUT2D eigenvalue weighted by molar-refractivity contribution is 6.30. The number of unbranched alkanes of at least 4 members (excludes halogenated alkanes) is 1. The number of benzene rings is 1. The minimum Gasteiger partial charge on any atom is -0.385 e. The van der Waals surface area contributed by atoms with Gasteiger partial charge in [-0.3, -0.25) is 4.79 Å². The fraction of sp³-hybridized carbons (Fsp3) is 0.741. The molecule has 1 fully saturated rings. The summed E-state index contributed by atoms with van der Waals surface area (Å²) in [5.74, 6) is -0.843. The molecular weight excluding hydrogens is 471 g/mol. The van der Waals surface area contributed by atoms with Crippen molar-refractivity contribution in [1.29, 1.82) is 0 Å². The maximum absolute atomic E-state index is 15.1. The topological polar surface area (TPSA) is 85.0 Å². The standard InChI is InChI=1S/C27H44ClFN2O4/c1-26(2,19-35-4)17-21(30)12-13-24(32)31-15-8-9-20(18-31)27(33,14-5-6-16-34-3)22-10-7-11-23(28)25(22)29/h7,10-11,20-21,33H,5-6,8-9,12-19,30H2,1-4H3/t20-,21-,27+/m1/s1. The third-order valence-corrected chi connectivity index (χ3v) is 7.39. The van der Waals surface area contributed by atoms with Crippen LogP contribution in [0.4, 0.5) is 4.39 Å². The number of ether oxygens (including phenoxy) is 2. The van der Waals surface area contributed by atoms with Crippen LogP contribution in [0.5, 0.6) is 0 Å². The summed E-state index contributed by atoms with van der Waals surface area (Å²) in [5, 5.41) is 11.9. The van der Waals surface area contributed by atoms with Gasteiger partial charge in [-0.25, -0.2) is 4.39 Å². The van der Waals surface area contributed by atoms with Gasteiger partial charge >= 0.3 is 0 Å². The van der Waals surface area contributed by atoms with Crippen molar-refractivity contribution in [3.63, 3.8) is 0 Å². The maximum atomic E-state index is 15.1. The van der Waals surface area contributed by atoms with Gasteiger partial charge in [0.15, 0.2) is 0 Å². The number of nitrogens with zero attached hydrogens (tertiary/aromatic N) is 1. The number of methoxy groups -OCH3 is 2. The van der Waals surface area contributed by atoms with Crippen molar-refractivity contribution in [2.24, 2.45) is 17.1 Å². The van der Waals surface area contributed by atoms with Gasteiger partial charge in [0.05, 0.1) is 17.2 Å². The lowest BCUT2D eigenvalue weighted by Crippen LogP contribution is -2.48. The van der Waals surface area contributed by atoms with E-state index in [1.807, 2.05) is 4.90 Å². The molecule has 1 aliphatic rings. The summed E-state index contributed by atoms with van der Waals surface area (Å²) in [6.07, 6.45) is 4.99. The molecule has 6 nitrogen and oxygen atoms in total. The van der Waals surface area contributed by atoms with E-state index in [0.29, 0.717) is 58.4 Å². The van der Waals surface area contributed by atoms with Gasteiger partial charge in [0.1, 0.15) is 5.82 Å². The Bertz CT molecular complexity index is 809. The Kier molecular flexibility index (Phi) is 11.9. The highest BCUT2D eigenvalue weighted by atomic mass is 35.5. The van der Waals surface area contributed by atoms with E-state index in [1.54, 1.807) is 26.4 Å². The summed E-state index contributed by atoms with van der Waals surface area (Å²) in [7, 11) is 3.32. The number of piperidine rings is 1. The number of likely N-dealkylation sites (tertiary alicyclic amines) is 1. The smallest absolute Gasteiger partial charge is 0.222 e. The van der Waals surface area contributed by atoms with Gasteiger partial charge in [0.2, 0.25) is 5.91 Å². The van der Waals surface area contributed by atoms with Gasteiger partial charge in [0.25, 0.3) is 0 Å². The molecule has 35 heavy (non-hydrogen) atoms. The molecule has 1 aromatic carbocycles. The quantitative estimate of drug-likeness (QED) is 0.345.